The lowest BCUT2D eigenvalue weighted by Crippen LogP contribution is -2.27. The van der Waals surface area contributed by atoms with E-state index >= 15 is 0 Å². The number of carbonyl (C=O) groups excluding carboxylic acids is 1. The zero-order valence-corrected chi connectivity index (χ0v) is 17.0. The maximum Gasteiger partial charge on any atom is 0.264 e. The smallest absolute Gasteiger partial charge is 0.264 e. The minimum atomic E-state index is -0.166. The Morgan fingerprint density at radius 2 is 1.93 bits per heavy atom. The molecule has 1 amide bonds. The van der Waals surface area contributed by atoms with Crippen LogP contribution in [0.4, 0.5) is 0 Å². The van der Waals surface area contributed by atoms with Crippen LogP contribution in [-0.4, -0.2) is 31.8 Å². The van der Waals surface area contributed by atoms with Crippen molar-refractivity contribution >= 4 is 32.9 Å². The number of rotatable bonds is 6. The number of hydrogen-bond acceptors (Lipinski definition) is 4. The molecular weight excluding hydrogens is 434 g/mol. The summed E-state index contributed by atoms with van der Waals surface area (Å²) in [7, 11) is 0. The van der Waals surface area contributed by atoms with Gasteiger partial charge in [-0.3, -0.25) is 14.2 Å². The second-order valence-electron chi connectivity index (χ2n) is 6.53. The number of aromatic nitrogens is 4. The lowest BCUT2D eigenvalue weighted by molar-refractivity contribution is 0.0952. The van der Waals surface area contributed by atoms with Gasteiger partial charge in [0.2, 0.25) is 0 Å². The lowest BCUT2D eigenvalue weighted by atomic mass is 10.2. The minimum absolute atomic E-state index is 0.136. The minimum Gasteiger partial charge on any atom is -0.350 e. The van der Waals surface area contributed by atoms with Gasteiger partial charge in [-0.25, -0.2) is 9.67 Å². The SMILES string of the molecule is O=C(NCCn1ncc2c(=O)n(Cc3ccccc3)cnc21)c1cccc(Br)c1. The standard InChI is InChI=1S/C21H18BrN5O2/c22-17-8-4-7-16(11-17)20(28)23-9-10-27-19-18(12-25-27)21(29)26(14-24-19)13-15-5-2-1-3-6-15/h1-8,11-12,14H,9-10,13H2,(H,23,28). The molecule has 0 aliphatic carbocycles. The molecule has 0 saturated heterocycles. The molecule has 2 aromatic carbocycles. The molecule has 4 rings (SSSR count). The Morgan fingerprint density at radius 1 is 1.10 bits per heavy atom. The van der Waals surface area contributed by atoms with Crippen LogP contribution < -0.4 is 10.9 Å². The van der Waals surface area contributed by atoms with Crippen molar-refractivity contribution in [3.63, 3.8) is 0 Å². The van der Waals surface area contributed by atoms with Crippen molar-refractivity contribution in [3.05, 3.63) is 93.1 Å². The molecule has 146 valence electrons. The van der Waals surface area contributed by atoms with Crippen LogP contribution in [0.2, 0.25) is 0 Å². The fourth-order valence-corrected chi connectivity index (χ4v) is 3.46. The van der Waals surface area contributed by atoms with E-state index < -0.39 is 0 Å². The first-order valence-electron chi connectivity index (χ1n) is 9.10. The van der Waals surface area contributed by atoms with E-state index in [0.29, 0.717) is 36.2 Å². The molecule has 2 aromatic heterocycles. The third kappa shape index (κ3) is 4.27. The molecule has 0 fully saturated rings. The zero-order chi connectivity index (χ0) is 20.2. The molecule has 0 saturated carbocycles. The van der Waals surface area contributed by atoms with Crippen molar-refractivity contribution in [2.24, 2.45) is 0 Å². The van der Waals surface area contributed by atoms with E-state index in [1.165, 1.54) is 12.5 Å². The van der Waals surface area contributed by atoms with Gasteiger partial charge in [0.25, 0.3) is 11.5 Å². The topological polar surface area (TPSA) is 81.8 Å². The zero-order valence-electron chi connectivity index (χ0n) is 15.5. The van der Waals surface area contributed by atoms with Gasteiger partial charge in [0.1, 0.15) is 11.7 Å². The van der Waals surface area contributed by atoms with E-state index in [4.69, 9.17) is 0 Å². The van der Waals surface area contributed by atoms with Crippen molar-refractivity contribution in [1.29, 1.82) is 0 Å². The van der Waals surface area contributed by atoms with Gasteiger partial charge < -0.3 is 5.32 Å². The fourth-order valence-electron chi connectivity index (χ4n) is 3.06. The van der Waals surface area contributed by atoms with E-state index in [9.17, 15) is 9.59 Å². The van der Waals surface area contributed by atoms with E-state index in [1.807, 2.05) is 42.5 Å². The summed E-state index contributed by atoms with van der Waals surface area (Å²) in [6, 6.07) is 16.9. The highest BCUT2D eigenvalue weighted by Crippen LogP contribution is 2.11. The van der Waals surface area contributed by atoms with Gasteiger partial charge in [0.15, 0.2) is 5.65 Å². The molecule has 0 radical (unpaired) electrons. The van der Waals surface area contributed by atoms with Crippen LogP contribution in [0.25, 0.3) is 11.0 Å². The third-order valence-corrected chi connectivity index (χ3v) is 5.01. The summed E-state index contributed by atoms with van der Waals surface area (Å²) < 4.78 is 4.04. The molecule has 0 aliphatic heterocycles. The number of benzene rings is 2. The molecular formula is C21H18BrN5O2. The summed E-state index contributed by atoms with van der Waals surface area (Å²) in [5, 5.41) is 7.59. The molecule has 7 nitrogen and oxygen atoms in total. The molecule has 4 aromatic rings. The third-order valence-electron chi connectivity index (χ3n) is 4.51. The summed E-state index contributed by atoms with van der Waals surface area (Å²) in [5.41, 5.74) is 1.98. The number of amides is 1. The van der Waals surface area contributed by atoms with Gasteiger partial charge in [0, 0.05) is 16.6 Å². The van der Waals surface area contributed by atoms with Gasteiger partial charge in [0.05, 0.1) is 19.3 Å². The first-order valence-corrected chi connectivity index (χ1v) is 9.90. The molecule has 0 spiro atoms. The number of hydrogen-bond donors (Lipinski definition) is 1. The lowest BCUT2D eigenvalue weighted by Gasteiger charge is -2.08. The molecule has 0 unspecified atom stereocenters. The molecule has 2 heterocycles. The Hall–Kier alpha value is -3.26. The summed E-state index contributed by atoms with van der Waals surface area (Å²) in [5.74, 6) is -0.166. The Kier molecular flexibility index (Phi) is 5.53. The Balaban J connectivity index is 1.46. The summed E-state index contributed by atoms with van der Waals surface area (Å²) in [6.07, 6.45) is 3.07. The van der Waals surface area contributed by atoms with Crippen LogP contribution in [0.5, 0.6) is 0 Å². The van der Waals surface area contributed by atoms with Gasteiger partial charge in [-0.15, -0.1) is 0 Å². The summed E-state index contributed by atoms with van der Waals surface area (Å²) in [4.78, 5) is 29.4. The van der Waals surface area contributed by atoms with Gasteiger partial charge in [-0.05, 0) is 23.8 Å². The highest BCUT2D eigenvalue weighted by molar-refractivity contribution is 9.10. The largest absolute Gasteiger partial charge is 0.350 e. The van der Waals surface area contributed by atoms with Crippen molar-refractivity contribution in [2.45, 2.75) is 13.1 Å². The second kappa shape index (κ2) is 8.40. The number of nitrogens with one attached hydrogen (secondary N) is 1. The van der Waals surface area contributed by atoms with E-state index in [1.54, 1.807) is 21.4 Å². The van der Waals surface area contributed by atoms with E-state index in [-0.39, 0.29) is 11.5 Å². The first-order chi connectivity index (χ1) is 14.1. The number of fused-ring (bicyclic) bond motifs is 1. The highest BCUT2D eigenvalue weighted by Gasteiger charge is 2.11. The van der Waals surface area contributed by atoms with Crippen LogP contribution >= 0.6 is 15.9 Å². The molecule has 0 aliphatic rings. The molecule has 0 bridgehead atoms. The average Bonchev–Trinajstić information content (AvgIpc) is 3.14. The van der Waals surface area contributed by atoms with Crippen LogP contribution in [-0.2, 0) is 13.1 Å². The molecule has 8 heteroatoms. The van der Waals surface area contributed by atoms with E-state index in [2.05, 4.69) is 31.3 Å². The quantitative estimate of drug-likeness (QED) is 0.488. The fraction of sp³-hybridized carbons (Fsp3) is 0.143. The second-order valence-corrected chi connectivity index (χ2v) is 7.45. The molecule has 0 atom stereocenters. The summed E-state index contributed by atoms with van der Waals surface area (Å²) in [6.45, 7) is 1.24. The van der Waals surface area contributed by atoms with Gasteiger partial charge in [-0.1, -0.05) is 52.3 Å². The van der Waals surface area contributed by atoms with Crippen LogP contribution in [0.3, 0.4) is 0 Å². The number of nitrogens with zero attached hydrogens (tertiary/aromatic N) is 4. The van der Waals surface area contributed by atoms with Crippen LogP contribution in [0.1, 0.15) is 15.9 Å². The Morgan fingerprint density at radius 3 is 2.72 bits per heavy atom. The van der Waals surface area contributed by atoms with Gasteiger partial charge in [-0.2, -0.15) is 5.10 Å². The predicted octanol–water partition coefficient (Wildman–Crippen LogP) is 2.83. The Bertz CT molecular complexity index is 1220. The first kappa shape index (κ1) is 19.1. The molecule has 1 N–H and O–H groups in total. The maximum atomic E-state index is 12.7. The summed E-state index contributed by atoms with van der Waals surface area (Å²) >= 11 is 3.36. The number of halogens is 1. The number of carbonyl (C=O) groups is 1. The highest BCUT2D eigenvalue weighted by atomic mass is 79.9. The normalized spacial score (nSPS) is 10.9. The van der Waals surface area contributed by atoms with Crippen molar-refractivity contribution in [2.75, 3.05) is 6.54 Å². The van der Waals surface area contributed by atoms with Crippen LogP contribution in [0, 0.1) is 0 Å². The predicted molar refractivity (Wildman–Crippen MR) is 114 cm³/mol. The average molecular weight is 452 g/mol. The maximum absolute atomic E-state index is 12.7. The van der Waals surface area contributed by atoms with Crippen LogP contribution in [0.15, 0.2) is 76.4 Å². The van der Waals surface area contributed by atoms with Crippen molar-refractivity contribution in [1.82, 2.24) is 24.6 Å². The monoisotopic (exact) mass is 451 g/mol. The van der Waals surface area contributed by atoms with E-state index in [0.717, 1.165) is 10.0 Å². The van der Waals surface area contributed by atoms with Crippen molar-refractivity contribution in [3.8, 4) is 0 Å². The van der Waals surface area contributed by atoms with Gasteiger partial charge >= 0.3 is 0 Å². The Labute approximate surface area is 175 Å². The molecule has 29 heavy (non-hydrogen) atoms. The van der Waals surface area contributed by atoms with Crippen molar-refractivity contribution < 1.29 is 4.79 Å².